The molecule has 0 atom stereocenters. The maximum Gasteiger partial charge on any atom is 0.315 e. The Hall–Kier alpha value is -1.82. The van der Waals surface area contributed by atoms with Crippen LogP contribution in [-0.2, 0) is 0 Å². The van der Waals surface area contributed by atoms with Gasteiger partial charge in [0.2, 0.25) is 0 Å². The van der Waals surface area contributed by atoms with Crippen LogP contribution in [0.4, 0.5) is 17.1 Å². The van der Waals surface area contributed by atoms with E-state index in [1.165, 1.54) is 0 Å². The lowest BCUT2D eigenvalue weighted by atomic mass is 9.96. The molecule has 1 heterocycles. The normalized spacial score (nSPS) is 16.6. The minimum atomic E-state index is -0.378. The summed E-state index contributed by atoms with van der Waals surface area (Å²) in [5.41, 5.74) is 6.68. The summed E-state index contributed by atoms with van der Waals surface area (Å²) in [5.74, 6) is 0.668. The van der Waals surface area contributed by atoms with Crippen LogP contribution in [0, 0.1) is 16.0 Å². The molecule has 0 radical (unpaired) electrons. The lowest BCUT2D eigenvalue weighted by Crippen LogP contribution is -2.37. The lowest BCUT2D eigenvalue weighted by molar-refractivity contribution is -0.383. The molecular formula is C14H22N4O2. The second-order valence-corrected chi connectivity index (χ2v) is 5.66. The van der Waals surface area contributed by atoms with E-state index in [-0.39, 0.29) is 16.3 Å². The largest absolute Gasteiger partial charge is 0.393 e. The number of nitrogens with zero attached hydrogens (tertiary/aromatic N) is 3. The van der Waals surface area contributed by atoms with Gasteiger partial charge in [-0.3, -0.25) is 10.1 Å². The van der Waals surface area contributed by atoms with Crippen LogP contribution in [-0.4, -0.2) is 43.6 Å². The van der Waals surface area contributed by atoms with Crippen molar-refractivity contribution in [3.8, 4) is 0 Å². The SMILES string of the molecule is CN(C)CC1CCN(c2cccc(N)c2[N+](=O)[O-])CC1. The third-order valence-corrected chi connectivity index (χ3v) is 3.81. The number of nitro groups is 1. The third kappa shape index (κ3) is 3.19. The second kappa shape index (κ2) is 6.09. The van der Waals surface area contributed by atoms with Crippen molar-refractivity contribution in [1.29, 1.82) is 0 Å². The molecule has 0 saturated carbocycles. The number of para-hydroxylation sites is 1. The van der Waals surface area contributed by atoms with Crippen LogP contribution in [0.15, 0.2) is 18.2 Å². The molecule has 0 amide bonds. The van der Waals surface area contributed by atoms with E-state index < -0.39 is 0 Å². The molecule has 0 spiro atoms. The van der Waals surface area contributed by atoms with Gasteiger partial charge in [0.15, 0.2) is 0 Å². The number of piperidine rings is 1. The van der Waals surface area contributed by atoms with E-state index in [9.17, 15) is 10.1 Å². The van der Waals surface area contributed by atoms with Crippen LogP contribution < -0.4 is 10.6 Å². The maximum absolute atomic E-state index is 11.2. The van der Waals surface area contributed by atoms with E-state index in [2.05, 4.69) is 23.9 Å². The van der Waals surface area contributed by atoms with Gasteiger partial charge in [-0.05, 0) is 45.0 Å². The van der Waals surface area contributed by atoms with Crippen LogP contribution >= 0.6 is 0 Å². The van der Waals surface area contributed by atoms with Crippen LogP contribution in [0.2, 0.25) is 0 Å². The van der Waals surface area contributed by atoms with Gasteiger partial charge in [0, 0.05) is 19.6 Å². The third-order valence-electron chi connectivity index (χ3n) is 3.81. The molecule has 1 aromatic carbocycles. The van der Waals surface area contributed by atoms with Crippen molar-refractivity contribution in [2.75, 3.05) is 44.4 Å². The fourth-order valence-electron chi connectivity index (χ4n) is 2.88. The highest BCUT2D eigenvalue weighted by molar-refractivity contribution is 5.75. The second-order valence-electron chi connectivity index (χ2n) is 5.66. The van der Waals surface area contributed by atoms with Crippen molar-refractivity contribution in [1.82, 2.24) is 4.90 Å². The summed E-state index contributed by atoms with van der Waals surface area (Å²) < 4.78 is 0. The zero-order valence-corrected chi connectivity index (χ0v) is 12.1. The highest BCUT2D eigenvalue weighted by Crippen LogP contribution is 2.35. The van der Waals surface area contributed by atoms with Crippen molar-refractivity contribution in [2.24, 2.45) is 5.92 Å². The molecule has 1 aromatic rings. The molecule has 110 valence electrons. The average molecular weight is 278 g/mol. The number of nitrogens with two attached hydrogens (primary N) is 1. The molecule has 6 heteroatoms. The van der Waals surface area contributed by atoms with Gasteiger partial charge in [0.25, 0.3) is 0 Å². The maximum atomic E-state index is 11.2. The number of rotatable bonds is 4. The molecule has 0 unspecified atom stereocenters. The zero-order valence-electron chi connectivity index (χ0n) is 12.1. The molecular weight excluding hydrogens is 256 g/mol. The average Bonchev–Trinajstić information content (AvgIpc) is 2.38. The Morgan fingerprint density at radius 1 is 1.40 bits per heavy atom. The summed E-state index contributed by atoms with van der Waals surface area (Å²) in [6.07, 6.45) is 2.12. The summed E-state index contributed by atoms with van der Waals surface area (Å²) in [6.45, 7) is 2.78. The van der Waals surface area contributed by atoms with Crippen molar-refractivity contribution in [2.45, 2.75) is 12.8 Å². The van der Waals surface area contributed by atoms with Crippen molar-refractivity contribution in [3.05, 3.63) is 28.3 Å². The molecule has 1 aliphatic heterocycles. The molecule has 0 aromatic heterocycles. The highest BCUT2D eigenvalue weighted by atomic mass is 16.6. The van der Waals surface area contributed by atoms with Gasteiger partial charge in [-0.2, -0.15) is 0 Å². The fourth-order valence-corrected chi connectivity index (χ4v) is 2.88. The minimum Gasteiger partial charge on any atom is -0.393 e. The quantitative estimate of drug-likeness (QED) is 0.517. The molecule has 1 aliphatic rings. The first-order valence-corrected chi connectivity index (χ1v) is 6.91. The summed E-state index contributed by atoms with van der Waals surface area (Å²) in [6, 6.07) is 5.16. The van der Waals surface area contributed by atoms with Gasteiger partial charge in [-0.25, -0.2) is 0 Å². The standard InChI is InChI=1S/C14H22N4O2/c1-16(2)10-11-6-8-17(9-7-11)13-5-3-4-12(15)14(13)18(19)20/h3-5,11H,6-10,15H2,1-2H3. The number of anilines is 2. The molecule has 0 aliphatic carbocycles. The number of nitrogen functional groups attached to an aromatic ring is 1. The van der Waals surface area contributed by atoms with E-state index >= 15 is 0 Å². The van der Waals surface area contributed by atoms with E-state index in [0.717, 1.165) is 32.5 Å². The smallest absolute Gasteiger partial charge is 0.315 e. The van der Waals surface area contributed by atoms with Crippen molar-refractivity contribution < 1.29 is 4.92 Å². The van der Waals surface area contributed by atoms with E-state index in [0.29, 0.717) is 11.6 Å². The zero-order chi connectivity index (χ0) is 14.7. The van der Waals surface area contributed by atoms with Crippen LogP contribution in [0.5, 0.6) is 0 Å². The summed E-state index contributed by atoms with van der Waals surface area (Å²) >= 11 is 0. The van der Waals surface area contributed by atoms with E-state index in [1.54, 1.807) is 18.2 Å². The molecule has 20 heavy (non-hydrogen) atoms. The van der Waals surface area contributed by atoms with Crippen molar-refractivity contribution in [3.63, 3.8) is 0 Å². The Morgan fingerprint density at radius 3 is 2.60 bits per heavy atom. The Kier molecular flexibility index (Phi) is 4.44. The molecule has 1 fully saturated rings. The molecule has 6 nitrogen and oxygen atoms in total. The van der Waals surface area contributed by atoms with Crippen molar-refractivity contribution >= 4 is 17.1 Å². The van der Waals surface area contributed by atoms with Gasteiger partial charge >= 0.3 is 5.69 Å². The Bertz CT molecular complexity index is 482. The minimum absolute atomic E-state index is 0.0403. The highest BCUT2D eigenvalue weighted by Gasteiger charge is 2.26. The van der Waals surface area contributed by atoms with Gasteiger partial charge in [-0.1, -0.05) is 6.07 Å². The fraction of sp³-hybridized carbons (Fsp3) is 0.571. The first kappa shape index (κ1) is 14.6. The molecule has 2 N–H and O–H groups in total. The number of benzene rings is 1. The molecule has 0 bridgehead atoms. The predicted molar refractivity (Wildman–Crippen MR) is 81.0 cm³/mol. The molecule has 1 saturated heterocycles. The van der Waals surface area contributed by atoms with Gasteiger partial charge in [0.05, 0.1) is 4.92 Å². The van der Waals surface area contributed by atoms with Gasteiger partial charge in [-0.15, -0.1) is 0 Å². The first-order chi connectivity index (χ1) is 9.49. The number of hydrogen-bond acceptors (Lipinski definition) is 5. The van der Waals surface area contributed by atoms with Crippen LogP contribution in [0.3, 0.4) is 0 Å². The van der Waals surface area contributed by atoms with Gasteiger partial charge in [0.1, 0.15) is 11.4 Å². The summed E-state index contributed by atoms with van der Waals surface area (Å²) in [5, 5.41) is 11.2. The monoisotopic (exact) mass is 278 g/mol. The Morgan fingerprint density at radius 2 is 2.05 bits per heavy atom. The van der Waals surface area contributed by atoms with E-state index in [4.69, 9.17) is 5.73 Å². The first-order valence-electron chi connectivity index (χ1n) is 6.91. The predicted octanol–water partition coefficient (Wildman–Crippen LogP) is 1.96. The topological polar surface area (TPSA) is 75.6 Å². The Labute approximate surface area is 119 Å². The Balaban J connectivity index is 2.11. The number of nitro benzene ring substituents is 1. The summed E-state index contributed by atoms with van der Waals surface area (Å²) in [4.78, 5) is 15.1. The lowest BCUT2D eigenvalue weighted by Gasteiger charge is -2.34. The van der Waals surface area contributed by atoms with Crippen LogP contribution in [0.1, 0.15) is 12.8 Å². The van der Waals surface area contributed by atoms with Crippen LogP contribution in [0.25, 0.3) is 0 Å². The van der Waals surface area contributed by atoms with Gasteiger partial charge < -0.3 is 15.5 Å². The molecule has 2 rings (SSSR count). The van der Waals surface area contributed by atoms with E-state index in [1.807, 2.05) is 0 Å². The number of hydrogen-bond donors (Lipinski definition) is 1. The summed E-state index contributed by atoms with van der Waals surface area (Å²) in [7, 11) is 4.16.